The minimum Gasteiger partial charge on any atom is -0.497 e. The molecule has 0 atom stereocenters. The highest BCUT2D eigenvalue weighted by Gasteiger charge is 2.17. The molecule has 2 rings (SSSR count). The second-order valence-corrected chi connectivity index (χ2v) is 6.72. The average Bonchev–Trinajstić information content (AvgIpc) is 2.37. The van der Waals surface area contributed by atoms with Crippen molar-refractivity contribution in [3.8, 4) is 5.75 Å². The van der Waals surface area contributed by atoms with Crippen molar-refractivity contribution in [3.05, 3.63) is 36.4 Å². The van der Waals surface area contributed by atoms with E-state index in [1.165, 1.54) is 15.7 Å². The van der Waals surface area contributed by atoms with Gasteiger partial charge in [0.2, 0.25) is 0 Å². The number of rotatable bonds is 4. The summed E-state index contributed by atoms with van der Waals surface area (Å²) < 4.78 is 5.30. The Kier molecular flexibility index (Phi) is 3.83. The molecule has 18 heavy (non-hydrogen) atoms. The molecule has 0 aliphatic rings. The molecule has 2 aromatic rings. The van der Waals surface area contributed by atoms with Crippen LogP contribution in [0.1, 0.15) is 13.8 Å². The predicted molar refractivity (Wildman–Crippen MR) is 79.5 cm³/mol. The highest BCUT2D eigenvalue weighted by Crippen LogP contribution is 2.33. The molecule has 0 amide bonds. The number of ether oxygens (including phenoxy) is 1. The summed E-state index contributed by atoms with van der Waals surface area (Å²) in [5, 5.41) is 2.43. The minimum atomic E-state index is 0.0696. The molecule has 0 heterocycles. The zero-order valence-corrected chi connectivity index (χ0v) is 11.9. The van der Waals surface area contributed by atoms with E-state index in [1.54, 1.807) is 7.11 Å². The van der Waals surface area contributed by atoms with E-state index in [0.717, 1.165) is 5.75 Å². The van der Waals surface area contributed by atoms with Crippen LogP contribution in [-0.4, -0.2) is 18.4 Å². The highest BCUT2D eigenvalue weighted by atomic mass is 32.2. The van der Waals surface area contributed by atoms with Crippen LogP contribution in [0, 0.1) is 0 Å². The molecule has 0 aliphatic carbocycles. The maximum Gasteiger partial charge on any atom is 0.119 e. The number of thioether (sulfide) groups is 1. The third-order valence-electron chi connectivity index (χ3n) is 2.90. The average molecular weight is 261 g/mol. The molecule has 2 nitrogen and oxygen atoms in total. The SMILES string of the molecule is COc1ccc2cc(SC(C)(C)CN)ccc2c1. The van der Waals surface area contributed by atoms with Crippen molar-refractivity contribution < 1.29 is 4.74 Å². The number of nitrogens with two attached hydrogens (primary N) is 1. The Balaban J connectivity index is 2.33. The Morgan fingerprint density at radius 1 is 1.11 bits per heavy atom. The van der Waals surface area contributed by atoms with E-state index in [9.17, 15) is 0 Å². The monoisotopic (exact) mass is 261 g/mol. The molecule has 0 radical (unpaired) electrons. The van der Waals surface area contributed by atoms with Crippen LogP contribution in [-0.2, 0) is 0 Å². The van der Waals surface area contributed by atoms with E-state index < -0.39 is 0 Å². The standard InChI is InChI=1S/C15H19NOS/c1-15(2,10-16)18-14-7-5-11-8-13(17-3)6-4-12(11)9-14/h4-9H,10,16H2,1-3H3. The summed E-state index contributed by atoms with van der Waals surface area (Å²) in [4.78, 5) is 1.25. The van der Waals surface area contributed by atoms with Crippen molar-refractivity contribution in [2.45, 2.75) is 23.5 Å². The van der Waals surface area contributed by atoms with Crippen LogP contribution in [0.25, 0.3) is 10.8 Å². The van der Waals surface area contributed by atoms with Gasteiger partial charge in [-0.2, -0.15) is 0 Å². The van der Waals surface area contributed by atoms with Gasteiger partial charge in [-0.15, -0.1) is 11.8 Å². The van der Waals surface area contributed by atoms with Crippen molar-refractivity contribution in [2.75, 3.05) is 13.7 Å². The van der Waals surface area contributed by atoms with Gasteiger partial charge >= 0.3 is 0 Å². The van der Waals surface area contributed by atoms with Gasteiger partial charge in [0.25, 0.3) is 0 Å². The lowest BCUT2D eigenvalue weighted by molar-refractivity contribution is 0.415. The summed E-state index contributed by atoms with van der Waals surface area (Å²) in [6, 6.07) is 12.6. The third-order valence-corrected chi connectivity index (χ3v) is 4.11. The van der Waals surface area contributed by atoms with Crippen LogP contribution < -0.4 is 10.5 Å². The quantitative estimate of drug-likeness (QED) is 0.853. The molecule has 0 aliphatic heterocycles. The molecule has 0 saturated carbocycles. The van der Waals surface area contributed by atoms with Gasteiger partial charge in [-0.3, -0.25) is 0 Å². The molecular formula is C15H19NOS. The van der Waals surface area contributed by atoms with Gasteiger partial charge in [-0.25, -0.2) is 0 Å². The Bertz CT molecular complexity index is 551. The summed E-state index contributed by atoms with van der Waals surface area (Å²) in [6.45, 7) is 4.99. The maximum atomic E-state index is 5.77. The fraction of sp³-hybridized carbons (Fsp3) is 0.333. The number of hydrogen-bond acceptors (Lipinski definition) is 3. The molecular weight excluding hydrogens is 242 g/mol. The molecule has 0 fully saturated rings. The first kappa shape index (κ1) is 13.2. The van der Waals surface area contributed by atoms with Crippen molar-refractivity contribution >= 4 is 22.5 Å². The summed E-state index contributed by atoms with van der Waals surface area (Å²) in [7, 11) is 1.69. The lowest BCUT2D eigenvalue weighted by Crippen LogP contribution is -2.26. The van der Waals surface area contributed by atoms with Crippen LogP contribution in [0.5, 0.6) is 5.75 Å². The Morgan fingerprint density at radius 2 is 1.78 bits per heavy atom. The zero-order chi connectivity index (χ0) is 13.2. The van der Waals surface area contributed by atoms with Gasteiger partial charge in [-0.05, 0) is 48.9 Å². The van der Waals surface area contributed by atoms with Gasteiger partial charge in [0.1, 0.15) is 5.75 Å². The highest BCUT2D eigenvalue weighted by molar-refractivity contribution is 8.00. The number of benzene rings is 2. The lowest BCUT2D eigenvalue weighted by Gasteiger charge is -2.21. The molecule has 2 N–H and O–H groups in total. The molecule has 0 aromatic heterocycles. The van der Waals surface area contributed by atoms with E-state index in [2.05, 4.69) is 44.2 Å². The minimum absolute atomic E-state index is 0.0696. The van der Waals surface area contributed by atoms with Crippen LogP contribution in [0.3, 0.4) is 0 Å². The molecule has 96 valence electrons. The normalized spacial score (nSPS) is 11.8. The molecule has 2 aromatic carbocycles. The fourth-order valence-corrected chi connectivity index (χ4v) is 2.80. The van der Waals surface area contributed by atoms with Gasteiger partial charge in [0.05, 0.1) is 7.11 Å². The first-order chi connectivity index (χ1) is 8.54. The van der Waals surface area contributed by atoms with E-state index in [1.807, 2.05) is 17.8 Å². The van der Waals surface area contributed by atoms with Gasteiger partial charge in [0.15, 0.2) is 0 Å². The van der Waals surface area contributed by atoms with Crippen LogP contribution in [0.2, 0.25) is 0 Å². The first-order valence-corrected chi connectivity index (χ1v) is 6.82. The molecule has 3 heteroatoms. The maximum absolute atomic E-state index is 5.77. The topological polar surface area (TPSA) is 35.2 Å². The van der Waals surface area contributed by atoms with Gasteiger partial charge < -0.3 is 10.5 Å². The van der Waals surface area contributed by atoms with Crippen molar-refractivity contribution in [2.24, 2.45) is 5.73 Å². The Hall–Kier alpha value is -1.19. The van der Waals surface area contributed by atoms with E-state index in [4.69, 9.17) is 10.5 Å². The summed E-state index contributed by atoms with van der Waals surface area (Å²) in [6.07, 6.45) is 0. The lowest BCUT2D eigenvalue weighted by atomic mass is 10.1. The smallest absolute Gasteiger partial charge is 0.119 e. The molecule has 0 saturated heterocycles. The van der Waals surface area contributed by atoms with E-state index in [-0.39, 0.29) is 4.75 Å². The van der Waals surface area contributed by atoms with Crippen LogP contribution in [0.15, 0.2) is 41.3 Å². The number of methoxy groups -OCH3 is 1. The molecule has 0 bridgehead atoms. The third kappa shape index (κ3) is 2.98. The number of fused-ring (bicyclic) bond motifs is 1. The zero-order valence-electron chi connectivity index (χ0n) is 11.1. The Morgan fingerprint density at radius 3 is 2.44 bits per heavy atom. The predicted octanol–water partition coefficient (Wildman–Crippen LogP) is 3.68. The largest absolute Gasteiger partial charge is 0.497 e. The van der Waals surface area contributed by atoms with Crippen molar-refractivity contribution in [1.29, 1.82) is 0 Å². The van der Waals surface area contributed by atoms with Crippen LogP contribution >= 0.6 is 11.8 Å². The second-order valence-electron chi connectivity index (χ2n) is 4.94. The summed E-state index contributed by atoms with van der Waals surface area (Å²) in [5.74, 6) is 0.894. The number of hydrogen-bond donors (Lipinski definition) is 1. The van der Waals surface area contributed by atoms with Gasteiger partial charge in [0, 0.05) is 16.2 Å². The summed E-state index contributed by atoms with van der Waals surface area (Å²) >= 11 is 1.81. The molecule has 0 unspecified atom stereocenters. The van der Waals surface area contributed by atoms with Crippen molar-refractivity contribution in [1.82, 2.24) is 0 Å². The second kappa shape index (κ2) is 5.21. The fourth-order valence-electron chi connectivity index (χ4n) is 1.75. The Labute approximate surface area is 113 Å². The van der Waals surface area contributed by atoms with E-state index in [0.29, 0.717) is 6.54 Å². The van der Waals surface area contributed by atoms with Gasteiger partial charge in [-0.1, -0.05) is 12.1 Å². The molecule has 0 spiro atoms. The van der Waals surface area contributed by atoms with Crippen molar-refractivity contribution in [3.63, 3.8) is 0 Å². The van der Waals surface area contributed by atoms with Crippen LogP contribution in [0.4, 0.5) is 0 Å². The first-order valence-electron chi connectivity index (χ1n) is 6.01. The summed E-state index contributed by atoms with van der Waals surface area (Å²) in [5.41, 5.74) is 5.77. The van der Waals surface area contributed by atoms with E-state index >= 15 is 0 Å².